The molecule has 21 heavy (non-hydrogen) atoms. The summed E-state index contributed by atoms with van der Waals surface area (Å²) >= 11 is 1.40. The summed E-state index contributed by atoms with van der Waals surface area (Å²) in [6, 6.07) is 7.37. The minimum Gasteiger partial charge on any atom is -0.350 e. The fraction of sp³-hybridized carbons (Fsp3) is 0.267. The number of hydrogen-bond acceptors (Lipinski definition) is 4. The van der Waals surface area contributed by atoms with Crippen LogP contribution in [0, 0.1) is 0 Å². The minimum absolute atomic E-state index is 0.0165. The van der Waals surface area contributed by atoms with Crippen molar-refractivity contribution in [1.82, 2.24) is 15.2 Å². The molecule has 2 amide bonds. The molecule has 0 aliphatic carbocycles. The molecular weight excluding hydrogens is 286 g/mol. The second kappa shape index (κ2) is 7.54. The van der Waals surface area contributed by atoms with E-state index in [-0.39, 0.29) is 11.8 Å². The van der Waals surface area contributed by atoms with Gasteiger partial charge in [0.2, 0.25) is 5.91 Å². The van der Waals surface area contributed by atoms with E-state index in [9.17, 15) is 9.59 Å². The molecule has 2 aromatic rings. The van der Waals surface area contributed by atoms with Crippen molar-refractivity contribution in [1.29, 1.82) is 0 Å². The lowest BCUT2D eigenvalue weighted by atomic mass is 10.2. The molecule has 0 fully saturated rings. The second-order valence-corrected chi connectivity index (χ2v) is 5.48. The monoisotopic (exact) mass is 303 g/mol. The zero-order chi connectivity index (χ0) is 15.1. The van der Waals surface area contributed by atoms with Crippen molar-refractivity contribution < 1.29 is 9.59 Å². The fourth-order valence-electron chi connectivity index (χ4n) is 1.86. The van der Waals surface area contributed by atoms with Gasteiger partial charge >= 0.3 is 0 Å². The first-order chi connectivity index (χ1) is 10.2. The van der Waals surface area contributed by atoms with Gasteiger partial charge in [-0.1, -0.05) is 6.07 Å². The van der Waals surface area contributed by atoms with Gasteiger partial charge in [-0.2, -0.15) is 0 Å². The number of hydrogen-bond donors (Lipinski definition) is 1. The molecule has 2 heterocycles. The summed E-state index contributed by atoms with van der Waals surface area (Å²) in [5.41, 5.74) is 1.02. The number of carbonyl (C=O) groups is 2. The molecule has 0 radical (unpaired) electrons. The molecule has 0 unspecified atom stereocenters. The van der Waals surface area contributed by atoms with Gasteiger partial charge in [0, 0.05) is 39.0 Å². The SMILES string of the molecule is CC(=O)N(CCNC(=O)c1cccs1)Cc1ccncc1. The lowest BCUT2D eigenvalue weighted by Gasteiger charge is -2.21. The van der Waals surface area contributed by atoms with Crippen LogP contribution < -0.4 is 5.32 Å². The second-order valence-electron chi connectivity index (χ2n) is 4.53. The largest absolute Gasteiger partial charge is 0.350 e. The molecule has 1 N–H and O–H groups in total. The predicted octanol–water partition coefficient (Wildman–Crippen LogP) is 1.92. The van der Waals surface area contributed by atoms with E-state index in [4.69, 9.17) is 0 Å². The van der Waals surface area contributed by atoms with Gasteiger partial charge in [-0.05, 0) is 29.1 Å². The van der Waals surface area contributed by atoms with Gasteiger partial charge in [0.05, 0.1) is 4.88 Å². The normalized spacial score (nSPS) is 10.1. The molecule has 0 atom stereocenters. The summed E-state index contributed by atoms with van der Waals surface area (Å²) < 4.78 is 0. The van der Waals surface area contributed by atoms with Gasteiger partial charge in [0.25, 0.3) is 5.91 Å². The van der Waals surface area contributed by atoms with Crippen molar-refractivity contribution in [3.63, 3.8) is 0 Å². The Labute approximate surface area is 127 Å². The maximum Gasteiger partial charge on any atom is 0.261 e. The molecule has 0 aliphatic rings. The molecular formula is C15H17N3O2S. The van der Waals surface area contributed by atoms with E-state index in [1.807, 2.05) is 23.6 Å². The van der Waals surface area contributed by atoms with Crippen LogP contribution >= 0.6 is 11.3 Å². The Morgan fingerprint density at radius 3 is 2.67 bits per heavy atom. The number of pyridine rings is 1. The van der Waals surface area contributed by atoms with Crippen molar-refractivity contribution in [2.45, 2.75) is 13.5 Å². The van der Waals surface area contributed by atoms with Crippen LogP contribution in [-0.4, -0.2) is 34.8 Å². The maximum absolute atomic E-state index is 11.8. The summed E-state index contributed by atoms with van der Waals surface area (Å²) in [6.07, 6.45) is 3.40. The van der Waals surface area contributed by atoms with Crippen LogP contribution in [0.1, 0.15) is 22.2 Å². The molecule has 0 bridgehead atoms. The number of rotatable bonds is 6. The lowest BCUT2D eigenvalue weighted by molar-refractivity contribution is -0.129. The summed E-state index contributed by atoms with van der Waals surface area (Å²) in [4.78, 5) is 29.8. The van der Waals surface area contributed by atoms with Crippen LogP contribution in [0.25, 0.3) is 0 Å². The standard InChI is InChI=1S/C15H17N3O2S/c1-12(19)18(11-13-4-6-16-7-5-13)9-8-17-15(20)14-3-2-10-21-14/h2-7,10H,8-9,11H2,1H3,(H,17,20). The Morgan fingerprint density at radius 1 is 1.29 bits per heavy atom. The highest BCUT2D eigenvalue weighted by Crippen LogP contribution is 2.07. The summed E-state index contributed by atoms with van der Waals surface area (Å²) in [7, 11) is 0. The smallest absolute Gasteiger partial charge is 0.261 e. The quantitative estimate of drug-likeness (QED) is 0.887. The summed E-state index contributed by atoms with van der Waals surface area (Å²) in [6.45, 7) is 2.96. The molecule has 0 aliphatic heterocycles. The number of carbonyl (C=O) groups excluding carboxylic acids is 2. The molecule has 5 nitrogen and oxygen atoms in total. The number of amides is 2. The van der Waals surface area contributed by atoms with Gasteiger partial charge in [0.15, 0.2) is 0 Å². The molecule has 110 valence electrons. The van der Waals surface area contributed by atoms with Crippen LogP contribution in [-0.2, 0) is 11.3 Å². The van der Waals surface area contributed by atoms with E-state index in [1.54, 1.807) is 23.4 Å². The molecule has 2 aromatic heterocycles. The Morgan fingerprint density at radius 2 is 2.05 bits per heavy atom. The van der Waals surface area contributed by atoms with Gasteiger partial charge in [-0.25, -0.2) is 0 Å². The van der Waals surface area contributed by atoms with E-state index in [2.05, 4.69) is 10.3 Å². The van der Waals surface area contributed by atoms with Crippen molar-refractivity contribution >= 4 is 23.2 Å². The molecule has 0 saturated carbocycles. The van der Waals surface area contributed by atoms with Gasteiger partial charge in [-0.3, -0.25) is 14.6 Å². The van der Waals surface area contributed by atoms with E-state index in [1.165, 1.54) is 18.3 Å². The molecule has 0 saturated heterocycles. The first-order valence-corrected chi connectivity index (χ1v) is 7.51. The Bertz CT molecular complexity index is 584. The van der Waals surface area contributed by atoms with Crippen molar-refractivity contribution in [3.05, 3.63) is 52.5 Å². The first kappa shape index (κ1) is 15.2. The third kappa shape index (κ3) is 4.68. The molecule has 6 heteroatoms. The third-order valence-electron chi connectivity index (χ3n) is 2.98. The van der Waals surface area contributed by atoms with E-state index in [0.29, 0.717) is 24.5 Å². The highest BCUT2D eigenvalue weighted by molar-refractivity contribution is 7.12. The Kier molecular flexibility index (Phi) is 5.45. The number of nitrogens with one attached hydrogen (secondary N) is 1. The Balaban J connectivity index is 1.83. The van der Waals surface area contributed by atoms with Gasteiger partial charge in [0.1, 0.15) is 0 Å². The van der Waals surface area contributed by atoms with Crippen LogP contribution in [0.2, 0.25) is 0 Å². The van der Waals surface area contributed by atoms with Gasteiger partial charge < -0.3 is 10.2 Å². The minimum atomic E-state index is -0.0996. The van der Waals surface area contributed by atoms with Crippen LogP contribution in [0.3, 0.4) is 0 Å². The van der Waals surface area contributed by atoms with E-state index < -0.39 is 0 Å². The summed E-state index contributed by atoms with van der Waals surface area (Å²) in [5, 5.41) is 4.68. The number of aromatic nitrogens is 1. The fourth-order valence-corrected chi connectivity index (χ4v) is 2.50. The average Bonchev–Trinajstić information content (AvgIpc) is 3.01. The van der Waals surface area contributed by atoms with Crippen LogP contribution in [0.5, 0.6) is 0 Å². The number of nitrogens with zero attached hydrogens (tertiary/aromatic N) is 2. The zero-order valence-electron chi connectivity index (χ0n) is 11.8. The van der Waals surface area contributed by atoms with E-state index in [0.717, 1.165) is 5.56 Å². The predicted molar refractivity (Wildman–Crippen MR) is 82.0 cm³/mol. The van der Waals surface area contributed by atoms with Crippen LogP contribution in [0.4, 0.5) is 0 Å². The highest BCUT2D eigenvalue weighted by Gasteiger charge is 2.11. The number of thiophene rings is 1. The zero-order valence-corrected chi connectivity index (χ0v) is 12.6. The average molecular weight is 303 g/mol. The highest BCUT2D eigenvalue weighted by atomic mass is 32.1. The maximum atomic E-state index is 11.8. The summed E-state index contributed by atoms with van der Waals surface area (Å²) in [5.74, 6) is -0.116. The Hall–Kier alpha value is -2.21. The first-order valence-electron chi connectivity index (χ1n) is 6.63. The van der Waals surface area contributed by atoms with Gasteiger partial charge in [-0.15, -0.1) is 11.3 Å². The van der Waals surface area contributed by atoms with Crippen molar-refractivity contribution in [2.24, 2.45) is 0 Å². The molecule has 0 spiro atoms. The molecule has 0 aromatic carbocycles. The van der Waals surface area contributed by atoms with Crippen molar-refractivity contribution in [2.75, 3.05) is 13.1 Å². The van der Waals surface area contributed by atoms with E-state index >= 15 is 0 Å². The van der Waals surface area contributed by atoms with Crippen molar-refractivity contribution in [3.8, 4) is 0 Å². The van der Waals surface area contributed by atoms with Crippen LogP contribution in [0.15, 0.2) is 42.0 Å². The topological polar surface area (TPSA) is 62.3 Å². The third-order valence-corrected chi connectivity index (χ3v) is 3.85. The molecule has 2 rings (SSSR count). The lowest BCUT2D eigenvalue weighted by Crippen LogP contribution is -2.36.